The van der Waals surface area contributed by atoms with Crippen molar-refractivity contribution in [3.63, 3.8) is 0 Å². The maximum absolute atomic E-state index is 6.35. The smallest absolute Gasteiger partial charge is 0.303 e. The van der Waals surface area contributed by atoms with Crippen LogP contribution in [0.4, 0.5) is 0 Å². The lowest BCUT2D eigenvalue weighted by Crippen LogP contribution is -2.60. The van der Waals surface area contributed by atoms with Crippen molar-refractivity contribution in [2.24, 2.45) is 0 Å². The van der Waals surface area contributed by atoms with Crippen molar-refractivity contribution in [2.75, 3.05) is 13.2 Å². The molecule has 2 atom stereocenters. The fourth-order valence-electron chi connectivity index (χ4n) is 1.97. The average Bonchev–Trinajstić information content (AvgIpc) is 2.37. The van der Waals surface area contributed by atoms with Crippen molar-refractivity contribution < 1.29 is 14.2 Å². The van der Waals surface area contributed by atoms with Crippen LogP contribution in [0.1, 0.15) is 25.5 Å². The predicted molar refractivity (Wildman–Crippen MR) is 65.9 cm³/mol. The molecular weight excluding hydrogens is 240 g/mol. The molecule has 1 aliphatic rings. The maximum atomic E-state index is 6.35. The number of ether oxygens (including phenoxy) is 3. The maximum Gasteiger partial charge on any atom is 0.303 e. The molecule has 1 aromatic carbocycles. The number of alkyl halides is 1. The molecule has 0 spiro atoms. The van der Waals surface area contributed by atoms with E-state index in [9.17, 15) is 0 Å². The molecule has 1 heterocycles. The van der Waals surface area contributed by atoms with E-state index < -0.39 is 5.97 Å². The monoisotopic (exact) mass is 256 g/mol. The van der Waals surface area contributed by atoms with Crippen LogP contribution in [0, 0.1) is 0 Å². The van der Waals surface area contributed by atoms with Gasteiger partial charge >= 0.3 is 5.97 Å². The molecule has 0 N–H and O–H groups in total. The van der Waals surface area contributed by atoms with Gasteiger partial charge in [-0.3, -0.25) is 0 Å². The van der Waals surface area contributed by atoms with E-state index in [1.54, 1.807) is 0 Å². The van der Waals surface area contributed by atoms with Gasteiger partial charge in [-0.15, -0.1) is 11.6 Å². The minimum absolute atomic E-state index is 0.170. The van der Waals surface area contributed by atoms with Gasteiger partial charge in [0.2, 0.25) is 0 Å². The molecule has 0 amide bonds. The number of halogens is 1. The number of hydrogen-bond acceptors (Lipinski definition) is 3. The molecule has 94 valence electrons. The Morgan fingerprint density at radius 3 is 2.24 bits per heavy atom. The Hall–Kier alpha value is -0.610. The lowest BCUT2D eigenvalue weighted by atomic mass is 10.00. The van der Waals surface area contributed by atoms with Gasteiger partial charge < -0.3 is 14.2 Å². The zero-order chi connectivity index (χ0) is 12.3. The second-order valence-corrected chi connectivity index (χ2v) is 4.29. The molecule has 2 rings (SSSR count). The van der Waals surface area contributed by atoms with Crippen LogP contribution < -0.4 is 0 Å². The van der Waals surface area contributed by atoms with E-state index in [2.05, 4.69) is 0 Å². The van der Waals surface area contributed by atoms with E-state index in [-0.39, 0.29) is 11.5 Å². The molecule has 0 radical (unpaired) electrons. The molecule has 0 aliphatic carbocycles. The zero-order valence-corrected chi connectivity index (χ0v) is 10.8. The van der Waals surface area contributed by atoms with E-state index in [0.29, 0.717) is 13.2 Å². The van der Waals surface area contributed by atoms with E-state index in [4.69, 9.17) is 25.8 Å². The third-order valence-corrected chi connectivity index (χ3v) is 3.21. The van der Waals surface area contributed by atoms with Crippen LogP contribution >= 0.6 is 11.6 Å². The number of benzene rings is 1. The Labute approximate surface area is 107 Å². The Morgan fingerprint density at radius 1 is 1.18 bits per heavy atom. The summed E-state index contributed by atoms with van der Waals surface area (Å²) in [6.45, 7) is 4.79. The minimum Gasteiger partial charge on any atom is -0.326 e. The van der Waals surface area contributed by atoms with Crippen LogP contribution in [0.25, 0.3) is 0 Å². The fourth-order valence-corrected chi connectivity index (χ4v) is 2.34. The SMILES string of the molecule is CCOC1(OCC)O[C@H](c2ccccc2)[C@@H]1Cl. The van der Waals surface area contributed by atoms with E-state index in [1.807, 2.05) is 44.2 Å². The number of rotatable bonds is 5. The van der Waals surface area contributed by atoms with Gasteiger partial charge in [0.15, 0.2) is 0 Å². The van der Waals surface area contributed by atoms with Gasteiger partial charge in [-0.1, -0.05) is 30.3 Å². The summed E-state index contributed by atoms with van der Waals surface area (Å²) in [5, 5.41) is -0.329. The van der Waals surface area contributed by atoms with Crippen LogP contribution in [0.2, 0.25) is 0 Å². The summed E-state index contributed by atoms with van der Waals surface area (Å²) in [7, 11) is 0. The Balaban J connectivity index is 2.08. The molecule has 17 heavy (non-hydrogen) atoms. The van der Waals surface area contributed by atoms with Crippen LogP contribution in [0.5, 0.6) is 0 Å². The highest BCUT2D eigenvalue weighted by Gasteiger charge is 2.58. The molecule has 1 fully saturated rings. The molecule has 4 heteroatoms. The largest absolute Gasteiger partial charge is 0.326 e. The summed E-state index contributed by atoms with van der Waals surface area (Å²) in [5.74, 6) is -1.08. The highest BCUT2D eigenvalue weighted by Crippen LogP contribution is 2.48. The second-order valence-electron chi connectivity index (χ2n) is 3.82. The van der Waals surface area contributed by atoms with Gasteiger partial charge in [0.05, 0.1) is 0 Å². The Kier molecular flexibility index (Phi) is 4.05. The van der Waals surface area contributed by atoms with Crippen molar-refractivity contribution in [1.29, 1.82) is 0 Å². The summed E-state index contributed by atoms with van der Waals surface area (Å²) in [6.07, 6.45) is -0.170. The molecule has 0 unspecified atom stereocenters. The molecular formula is C13H17ClO3. The summed E-state index contributed by atoms with van der Waals surface area (Å²) >= 11 is 6.35. The third-order valence-electron chi connectivity index (χ3n) is 2.71. The molecule has 0 bridgehead atoms. The van der Waals surface area contributed by atoms with E-state index >= 15 is 0 Å². The highest BCUT2D eigenvalue weighted by molar-refractivity contribution is 6.22. The van der Waals surface area contributed by atoms with Crippen LogP contribution in [-0.4, -0.2) is 24.6 Å². The standard InChI is InChI=1S/C13H17ClO3/c1-3-15-13(16-4-2)12(14)11(17-13)10-8-6-5-7-9-10/h5-9,11-12H,3-4H2,1-2H3/t11-,12+/m1/s1. The average molecular weight is 257 g/mol. The van der Waals surface area contributed by atoms with Crippen LogP contribution in [-0.2, 0) is 14.2 Å². The zero-order valence-electron chi connectivity index (χ0n) is 10.1. The van der Waals surface area contributed by atoms with Gasteiger partial charge in [-0.25, -0.2) is 0 Å². The lowest BCUT2D eigenvalue weighted by Gasteiger charge is -2.49. The molecule has 3 nitrogen and oxygen atoms in total. The summed E-state index contributed by atoms with van der Waals surface area (Å²) in [6, 6.07) is 9.86. The summed E-state index contributed by atoms with van der Waals surface area (Å²) < 4.78 is 16.7. The first-order valence-corrected chi connectivity index (χ1v) is 6.32. The first-order chi connectivity index (χ1) is 8.23. The van der Waals surface area contributed by atoms with Gasteiger partial charge in [-0.05, 0) is 19.4 Å². The van der Waals surface area contributed by atoms with Crippen molar-refractivity contribution in [1.82, 2.24) is 0 Å². The minimum atomic E-state index is -1.08. The van der Waals surface area contributed by atoms with Gasteiger partial charge in [-0.2, -0.15) is 0 Å². The first-order valence-electron chi connectivity index (χ1n) is 5.88. The predicted octanol–water partition coefficient (Wildman–Crippen LogP) is 3.09. The highest BCUT2D eigenvalue weighted by atomic mass is 35.5. The molecule has 1 saturated heterocycles. The van der Waals surface area contributed by atoms with E-state index in [0.717, 1.165) is 5.56 Å². The third kappa shape index (κ3) is 2.33. The summed E-state index contributed by atoms with van der Waals surface area (Å²) in [5.41, 5.74) is 1.04. The van der Waals surface area contributed by atoms with Crippen LogP contribution in [0.15, 0.2) is 30.3 Å². The van der Waals surface area contributed by atoms with Crippen molar-refractivity contribution >= 4 is 11.6 Å². The Morgan fingerprint density at radius 2 is 1.76 bits per heavy atom. The molecule has 1 aromatic rings. The van der Waals surface area contributed by atoms with E-state index in [1.165, 1.54) is 0 Å². The quantitative estimate of drug-likeness (QED) is 0.599. The summed E-state index contributed by atoms with van der Waals surface area (Å²) in [4.78, 5) is 0. The van der Waals surface area contributed by atoms with Crippen molar-refractivity contribution in [3.05, 3.63) is 35.9 Å². The normalized spacial score (nSPS) is 26.5. The van der Waals surface area contributed by atoms with Gasteiger partial charge in [0, 0.05) is 13.2 Å². The topological polar surface area (TPSA) is 27.7 Å². The van der Waals surface area contributed by atoms with Crippen molar-refractivity contribution in [3.8, 4) is 0 Å². The number of hydrogen-bond donors (Lipinski definition) is 0. The lowest BCUT2D eigenvalue weighted by molar-refractivity contribution is -0.456. The molecule has 1 aliphatic heterocycles. The first kappa shape index (κ1) is 12.8. The fraction of sp³-hybridized carbons (Fsp3) is 0.538. The molecule has 0 saturated carbocycles. The van der Waals surface area contributed by atoms with Crippen molar-refractivity contribution in [2.45, 2.75) is 31.3 Å². The second kappa shape index (κ2) is 5.36. The Bertz CT molecular complexity index is 349. The van der Waals surface area contributed by atoms with Gasteiger partial charge in [0.1, 0.15) is 11.5 Å². The molecule has 0 aromatic heterocycles. The van der Waals surface area contributed by atoms with Crippen LogP contribution in [0.3, 0.4) is 0 Å². The van der Waals surface area contributed by atoms with Gasteiger partial charge in [0.25, 0.3) is 0 Å².